The normalized spacial score (nSPS) is 14.4. The third-order valence-corrected chi connectivity index (χ3v) is 9.21. The van der Waals surface area contributed by atoms with Crippen molar-refractivity contribution in [2.24, 2.45) is 9.54 Å². The molecule has 4 N–H and O–H groups in total. The fourth-order valence-electron chi connectivity index (χ4n) is 4.41. The van der Waals surface area contributed by atoms with Gasteiger partial charge in [-0.1, -0.05) is 41.9 Å². The van der Waals surface area contributed by atoms with Crippen LogP contribution >= 0.6 is 11.6 Å². The van der Waals surface area contributed by atoms with Crippen LogP contribution in [0.25, 0.3) is 11.0 Å². The van der Waals surface area contributed by atoms with Crippen molar-refractivity contribution in [1.29, 1.82) is 0 Å². The Morgan fingerprint density at radius 3 is 2.33 bits per heavy atom. The van der Waals surface area contributed by atoms with Crippen LogP contribution in [-0.4, -0.2) is 63.1 Å². The summed E-state index contributed by atoms with van der Waals surface area (Å²) >= 11 is 5.97. The number of H-pyrrole nitrogens is 1. The zero-order valence-electron chi connectivity index (χ0n) is 22.6. The van der Waals surface area contributed by atoms with Gasteiger partial charge in [-0.15, -0.1) is 4.40 Å². The Morgan fingerprint density at radius 2 is 1.69 bits per heavy atom. The van der Waals surface area contributed by atoms with E-state index in [1.165, 1.54) is 18.2 Å². The number of ether oxygens (including phenoxy) is 1. The number of aromatic nitrogens is 2. The fraction of sp³-hybridized carbons (Fsp3) is 0.0741. The van der Waals surface area contributed by atoms with Crippen molar-refractivity contribution in [3.8, 4) is 0 Å². The molecule has 1 atom stereocenters. The van der Waals surface area contributed by atoms with E-state index in [0.29, 0.717) is 11.6 Å². The number of nitrogens with zero attached hydrogens (tertiary/aromatic N) is 2. The van der Waals surface area contributed by atoms with E-state index < -0.39 is 81.1 Å². The summed E-state index contributed by atoms with van der Waals surface area (Å²) in [5, 5.41) is 6.92. The van der Waals surface area contributed by atoms with Gasteiger partial charge in [0, 0.05) is 11.1 Å². The summed E-state index contributed by atoms with van der Waals surface area (Å²) in [6, 6.07) is 13.8. The van der Waals surface area contributed by atoms with Crippen LogP contribution in [0.5, 0.6) is 0 Å². The van der Waals surface area contributed by atoms with Gasteiger partial charge < -0.3 is 15.0 Å². The minimum absolute atomic E-state index is 0.00323. The van der Waals surface area contributed by atoms with Gasteiger partial charge in [-0.05, 0) is 30.3 Å². The first-order chi connectivity index (χ1) is 21.1. The van der Waals surface area contributed by atoms with Crippen molar-refractivity contribution in [3.05, 3.63) is 92.9 Å². The molecule has 3 aromatic carbocycles. The number of aromatic amines is 1. The van der Waals surface area contributed by atoms with E-state index in [9.17, 15) is 40.8 Å². The highest BCUT2D eigenvalue weighted by atomic mass is 35.5. The molecule has 0 radical (unpaired) electrons. The van der Waals surface area contributed by atoms with Crippen LogP contribution in [0, 0.1) is 0 Å². The predicted octanol–water partition coefficient (Wildman–Crippen LogP) is 1.06. The van der Waals surface area contributed by atoms with Gasteiger partial charge in [0.05, 0.1) is 28.9 Å². The molecular formula is C27H18ClN5O10S2. The highest BCUT2D eigenvalue weighted by Gasteiger charge is 2.42. The molecule has 45 heavy (non-hydrogen) atoms. The summed E-state index contributed by atoms with van der Waals surface area (Å²) in [5.41, 5.74) is -1.73. The van der Waals surface area contributed by atoms with Crippen LogP contribution in [0.3, 0.4) is 0 Å². The second kappa shape index (κ2) is 11.4. The molecule has 18 heteroatoms. The number of anilines is 1. The molecule has 1 aromatic heterocycles. The Labute approximate surface area is 258 Å². The largest absolute Gasteiger partial charge is 0.463 e. The quantitative estimate of drug-likeness (QED) is 0.103. The number of benzene rings is 3. The smallest absolute Gasteiger partial charge is 0.375 e. The van der Waals surface area contributed by atoms with Crippen LogP contribution in [-0.2, 0) is 39.2 Å². The number of ketones is 3. The SMILES string of the molecule is COC(=O)C(=O)[C@@H](C(=O)C1=NS(=O)(=O)c2cc(S(N)(=O)=O)c(Cl)cc2N1)c1nc2ccc(C(=O)c3ccccc3)cc2[nH]c1=O. The summed E-state index contributed by atoms with van der Waals surface area (Å²) in [6.45, 7) is 0. The standard InChI is InChI=1S/C27H18ClN5O10S2/c1-43-27(38)24(36)20(23(35)25-31-17-10-14(28)18(44(29,39)40)11-19(17)45(41,42)33-25)21-26(37)32-16-9-13(7-8-15(16)30-21)22(34)12-5-3-2-4-6-12/h2-11,20H,1H3,(H,31,33)(H,32,37)(H2,29,39,40)/t20-/m1/s1. The lowest BCUT2D eigenvalue weighted by atomic mass is 9.93. The number of rotatable bonds is 8. The summed E-state index contributed by atoms with van der Waals surface area (Å²) in [5.74, 6) is -8.34. The maximum absolute atomic E-state index is 13.7. The minimum atomic E-state index is -4.82. The number of Topliss-reactive ketones (excluding diaryl/α,β-unsaturated/α-hetero) is 2. The van der Waals surface area contributed by atoms with E-state index in [2.05, 4.69) is 24.4 Å². The Kier molecular flexibility index (Phi) is 7.96. The molecule has 0 amide bonds. The minimum Gasteiger partial charge on any atom is -0.463 e. The number of carbonyl (C=O) groups excluding carboxylic acids is 4. The van der Waals surface area contributed by atoms with Gasteiger partial charge in [-0.2, -0.15) is 8.42 Å². The van der Waals surface area contributed by atoms with E-state index in [1.54, 1.807) is 30.3 Å². The molecular weight excluding hydrogens is 654 g/mol. The highest BCUT2D eigenvalue weighted by Crippen LogP contribution is 2.35. The van der Waals surface area contributed by atoms with Crippen molar-refractivity contribution >= 4 is 77.5 Å². The van der Waals surface area contributed by atoms with Gasteiger partial charge in [0.25, 0.3) is 21.4 Å². The van der Waals surface area contributed by atoms with Crippen molar-refractivity contribution in [3.63, 3.8) is 0 Å². The molecule has 0 spiro atoms. The number of nitrogens with two attached hydrogens (primary N) is 1. The molecule has 0 bridgehead atoms. The van der Waals surface area contributed by atoms with Crippen LogP contribution in [0.2, 0.25) is 5.02 Å². The van der Waals surface area contributed by atoms with Crippen molar-refractivity contribution in [1.82, 2.24) is 9.97 Å². The molecule has 0 unspecified atom stereocenters. The van der Waals surface area contributed by atoms with Gasteiger partial charge in [-0.25, -0.2) is 23.3 Å². The van der Waals surface area contributed by atoms with E-state index in [1.807, 2.05) is 0 Å². The maximum Gasteiger partial charge on any atom is 0.375 e. The number of hydrogen-bond donors (Lipinski definition) is 3. The fourth-order valence-corrected chi connectivity index (χ4v) is 6.71. The third kappa shape index (κ3) is 5.88. The zero-order valence-corrected chi connectivity index (χ0v) is 25.0. The van der Waals surface area contributed by atoms with Gasteiger partial charge in [0.15, 0.2) is 11.6 Å². The summed E-state index contributed by atoms with van der Waals surface area (Å²) in [7, 11) is -8.45. The molecule has 1 aliphatic heterocycles. The number of carbonyl (C=O) groups is 4. The monoisotopic (exact) mass is 671 g/mol. The van der Waals surface area contributed by atoms with Crippen molar-refractivity contribution in [2.45, 2.75) is 15.7 Å². The summed E-state index contributed by atoms with van der Waals surface area (Å²) in [4.78, 5) is 70.2. The zero-order chi connectivity index (χ0) is 32.8. The molecule has 4 aromatic rings. The highest BCUT2D eigenvalue weighted by molar-refractivity contribution is 7.91. The van der Waals surface area contributed by atoms with Gasteiger partial charge in [0.1, 0.15) is 21.4 Å². The number of nitrogens with one attached hydrogen (secondary N) is 2. The Hall–Kier alpha value is -5.10. The van der Waals surface area contributed by atoms with Gasteiger partial charge in [-0.3, -0.25) is 19.2 Å². The number of amidine groups is 1. The molecule has 15 nitrogen and oxygen atoms in total. The molecule has 2 heterocycles. The number of methoxy groups -OCH3 is 1. The molecule has 230 valence electrons. The second-order valence-corrected chi connectivity index (χ2v) is 12.9. The Balaban J connectivity index is 1.60. The lowest BCUT2D eigenvalue weighted by Gasteiger charge is -2.21. The molecule has 5 rings (SSSR count). The maximum atomic E-state index is 13.7. The average molecular weight is 672 g/mol. The molecule has 1 aliphatic rings. The van der Waals surface area contributed by atoms with Crippen LogP contribution in [0.15, 0.2) is 79.6 Å². The first-order valence-corrected chi connectivity index (χ1v) is 15.8. The van der Waals surface area contributed by atoms with Crippen molar-refractivity contribution < 1.29 is 40.8 Å². The number of primary sulfonamides is 1. The van der Waals surface area contributed by atoms with Gasteiger partial charge >= 0.3 is 5.97 Å². The van der Waals surface area contributed by atoms with Gasteiger partial charge in [0.2, 0.25) is 15.8 Å². The molecule has 0 saturated heterocycles. The number of sulfonamides is 2. The number of fused-ring (bicyclic) bond motifs is 2. The number of hydrogen-bond acceptors (Lipinski definition) is 12. The average Bonchev–Trinajstić information content (AvgIpc) is 2.99. The third-order valence-electron chi connectivity index (χ3n) is 6.52. The van der Waals surface area contributed by atoms with E-state index >= 15 is 0 Å². The van der Waals surface area contributed by atoms with Crippen LogP contribution in [0.1, 0.15) is 27.5 Å². The Bertz CT molecular complexity index is 2290. The molecule has 0 aliphatic carbocycles. The van der Waals surface area contributed by atoms with E-state index in [-0.39, 0.29) is 22.4 Å². The topological polar surface area (TPSA) is 242 Å². The predicted molar refractivity (Wildman–Crippen MR) is 158 cm³/mol. The number of esters is 1. The van der Waals surface area contributed by atoms with Crippen LogP contribution in [0.4, 0.5) is 5.69 Å². The molecule has 0 saturated carbocycles. The lowest BCUT2D eigenvalue weighted by molar-refractivity contribution is -0.153. The first-order valence-electron chi connectivity index (χ1n) is 12.4. The molecule has 0 fully saturated rings. The summed E-state index contributed by atoms with van der Waals surface area (Å²) < 4.78 is 57.4. The lowest BCUT2D eigenvalue weighted by Crippen LogP contribution is -2.41. The second-order valence-electron chi connectivity index (χ2n) is 9.40. The van der Waals surface area contributed by atoms with E-state index in [0.717, 1.165) is 13.2 Å². The number of halogens is 1. The van der Waals surface area contributed by atoms with E-state index in [4.69, 9.17) is 16.7 Å². The summed E-state index contributed by atoms with van der Waals surface area (Å²) in [6.07, 6.45) is 0. The van der Waals surface area contributed by atoms with Crippen molar-refractivity contribution in [2.75, 3.05) is 12.4 Å². The Morgan fingerprint density at radius 1 is 1.00 bits per heavy atom. The first kappa shape index (κ1) is 31.3. The van der Waals surface area contributed by atoms with Crippen LogP contribution < -0.4 is 16.0 Å².